The summed E-state index contributed by atoms with van der Waals surface area (Å²) in [4.78, 5) is 16.9. The lowest BCUT2D eigenvalue weighted by Gasteiger charge is -2.16. The Bertz CT molecular complexity index is 855. The molecule has 5 heteroatoms. The number of hydrogen-bond donors (Lipinski definition) is 3. The van der Waals surface area contributed by atoms with Gasteiger partial charge < -0.3 is 10.6 Å². The lowest BCUT2D eigenvalue weighted by molar-refractivity contribution is 0.0975. The zero-order valence-corrected chi connectivity index (χ0v) is 15.0. The highest BCUT2D eigenvalue weighted by molar-refractivity contribution is 6.06. The van der Waals surface area contributed by atoms with Crippen LogP contribution in [-0.2, 0) is 0 Å². The molecule has 134 valence electrons. The minimum absolute atomic E-state index is 0.109. The number of rotatable bonds is 4. The van der Waals surface area contributed by atoms with E-state index in [1.807, 2.05) is 24.3 Å². The highest BCUT2D eigenvalue weighted by Gasteiger charge is 2.27. The highest BCUT2D eigenvalue weighted by Crippen LogP contribution is 2.44. The molecule has 0 radical (unpaired) electrons. The van der Waals surface area contributed by atoms with Crippen molar-refractivity contribution in [3.63, 3.8) is 0 Å². The molecule has 0 bridgehead atoms. The van der Waals surface area contributed by atoms with Crippen molar-refractivity contribution in [2.24, 2.45) is 4.99 Å². The van der Waals surface area contributed by atoms with Gasteiger partial charge in [-0.3, -0.25) is 15.1 Å². The van der Waals surface area contributed by atoms with E-state index in [2.05, 4.69) is 46.1 Å². The smallest absolute Gasteiger partial charge is 0.257 e. The summed E-state index contributed by atoms with van der Waals surface area (Å²) in [6.45, 7) is 3.70. The molecule has 2 aliphatic rings. The molecular formula is C21H24N4O. The summed E-state index contributed by atoms with van der Waals surface area (Å²) in [6, 6.07) is 14.2. The lowest BCUT2D eigenvalue weighted by Crippen LogP contribution is -2.43. The molecule has 26 heavy (non-hydrogen) atoms. The summed E-state index contributed by atoms with van der Waals surface area (Å²) < 4.78 is 0. The highest BCUT2D eigenvalue weighted by atomic mass is 16.1. The molecule has 1 fully saturated rings. The van der Waals surface area contributed by atoms with Crippen molar-refractivity contribution in [3.05, 3.63) is 59.2 Å². The van der Waals surface area contributed by atoms with Crippen LogP contribution in [0.25, 0.3) is 0 Å². The third-order valence-electron chi connectivity index (χ3n) is 4.76. The van der Waals surface area contributed by atoms with Crippen molar-refractivity contribution < 1.29 is 4.79 Å². The first-order valence-corrected chi connectivity index (χ1v) is 9.26. The first kappa shape index (κ1) is 16.6. The number of aryl methyl sites for hydroxylation is 1. The van der Waals surface area contributed by atoms with Crippen molar-refractivity contribution >= 4 is 23.2 Å². The number of guanidine groups is 1. The number of anilines is 2. The molecule has 1 amide bonds. The van der Waals surface area contributed by atoms with E-state index in [1.165, 1.54) is 24.0 Å². The maximum absolute atomic E-state index is 12.6. The van der Waals surface area contributed by atoms with Crippen LogP contribution in [0.1, 0.15) is 46.7 Å². The van der Waals surface area contributed by atoms with Gasteiger partial charge in [0.25, 0.3) is 5.91 Å². The number of hydrogen-bond acceptors (Lipinski definition) is 4. The molecule has 0 spiro atoms. The SMILES string of the molecule is Cc1cccc(Nc2ccc(C(=O)NC3=NCCCN3)cc2C2CC2)c1. The van der Waals surface area contributed by atoms with Crippen molar-refractivity contribution in [2.45, 2.75) is 32.1 Å². The second-order valence-electron chi connectivity index (χ2n) is 7.04. The topological polar surface area (TPSA) is 65.5 Å². The standard InChI is InChI=1S/C21H24N4O/c1-14-4-2-5-17(12-14)24-19-9-8-16(13-18(19)15-6-7-15)20(26)25-21-22-10-3-11-23-21/h2,4-5,8-9,12-13,15,24H,3,6-7,10-11H2,1H3,(H2,22,23,25,26). The van der Waals surface area contributed by atoms with Crippen molar-refractivity contribution in [3.8, 4) is 0 Å². The Labute approximate surface area is 153 Å². The van der Waals surface area contributed by atoms with Gasteiger partial charge in [0.15, 0.2) is 5.96 Å². The van der Waals surface area contributed by atoms with Gasteiger partial charge in [0, 0.05) is 30.0 Å². The second-order valence-corrected chi connectivity index (χ2v) is 7.04. The molecule has 1 saturated carbocycles. The fourth-order valence-electron chi connectivity index (χ4n) is 3.22. The fraction of sp³-hybridized carbons (Fsp3) is 0.333. The van der Waals surface area contributed by atoms with E-state index < -0.39 is 0 Å². The van der Waals surface area contributed by atoms with E-state index in [9.17, 15) is 4.79 Å². The molecule has 2 aromatic carbocycles. The maximum atomic E-state index is 12.6. The summed E-state index contributed by atoms with van der Waals surface area (Å²) in [5.74, 6) is 1.01. The summed E-state index contributed by atoms with van der Waals surface area (Å²) in [5, 5.41) is 9.52. The first-order chi connectivity index (χ1) is 12.7. The van der Waals surface area contributed by atoms with E-state index in [0.717, 1.165) is 30.9 Å². The Morgan fingerprint density at radius 3 is 2.81 bits per heavy atom. The largest absolute Gasteiger partial charge is 0.356 e. The lowest BCUT2D eigenvalue weighted by atomic mass is 10.0. The number of carbonyl (C=O) groups is 1. The first-order valence-electron chi connectivity index (χ1n) is 9.26. The van der Waals surface area contributed by atoms with Gasteiger partial charge in [0.1, 0.15) is 0 Å². The van der Waals surface area contributed by atoms with Gasteiger partial charge in [0.05, 0.1) is 0 Å². The molecule has 0 atom stereocenters. The quantitative estimate of drug-likeness (QED) is 0.789. The number of amides is 1. The van der Waals surface area contributed by atoms with Crippen LogP contribution in [0.5, 0.6) is 0 Å². The van der Waals surface area contributed by atoms with Crippen LogP contribution in [0.15, 0.2) is 47.5 Å². The third kappa shape index (κ3) is 3.87. The third-order valence-corrected chi connectivity index (χ3v) is 4.76. The molecule has 1 heterocycles. The molecule has 1 aliphatic heterocycles. The average molecular weight is 348 g/mol. The molecule has 5 nitrogen and oxygen atoms in total. The Hall–Kier alpha value is -2.82. The molecule has 0 saturated heterocycles. The minimum atomic E-state index is -0.109. The molecule has 0 unspecified atom stereocenters. The summed E-state index contributed by atoms with van der Waals surface area (Å²) in [5.41, 5.74) is 5.28. The van der Waals surface area contributed by atoms with Gasteiger partial charge in [-0.1, -0.05) is 12.1 Å². The van der Waals surface area contributed by atoms with Crippen LogP contribution >= 0.6 is 0 Å². The van der Waals surface area contributed by atoms with Gasteiger partial charge in [0.2, 0.25) is 0 Å². The van der Waals surface area contributed by atoms with Crippen LogP contribution in [0, 0.1) is 6.92 Å². The van der Waals surface area contributed by atoms with Crippen molar-refractivity contribution in [1.29, 1.82) is 0 Å². The number of aliphatic imine (C=N–C) groups is 1. The van der Waals surface area contributed by atoms with Crippen molar-refractivity contribution in [1.82, 2.24) is 10.6 Å². The number of carbonyl (C=O) groups excluding carboxylic acids is 1. The zero-order chi connectivity index (χ0) is 17.9. The summed E-state index contributed by atoms with van der Waals surface area (Å²) in [7, 11) is 0. The molecule has 3 N–H and O–H groups in total. The van der Waals surface area contributed by atoms with E-state index in [4.69, 9.17) is 0 Å². The average Bonchev–Trinajstić information content (AvgIpc) is 3.48. The van der Waals surface area contributed by atoms with Crippen LogP contribution < -0.4 is 16.0 Å². The van der Waals surface area contributed by atoms with Crippen LogP contribution in [0.3, 0.4) is 0 Å². The molecular weight excluding hydrogens is 324 g/mol. The van der Waals surface area contributed by atoms with Gasteiger partial charge in [-0.05, 0) is 73.6 Å². The molecule has 4 rings (SSSR count). The number of benzene rings is 2. The van der Waals surface area contributed by atoms with Crippen LogP contribution in [-0.4, -0.2) is 25.0 Å². The van der Waals surface area contributed by atoms with Gasteiger partial charge in [-0.15, -0.1) is 0 Å². The Balaban J connectivity index is 1.55. The second kappa shape index (κ2) is 7.20. The maximum Gasteiger partial charge on any atom is 0.257 e. The zero-order valence-electron chi connectivity index (χ0n) is 15.0. The monoisotopic (exact) mass is 348 g/mol. The fourth-order valence-corrected chi connectivity index (χ4v) is 3.22. The Kier molecular flexibility index (Phi) is 4.61. The summed E-state index contributed by atoms with van der Waals surface area (Å²) >= 11 is 0. The van der Waals surface area contributed by atoms with E-state index in [-0.39, 0.29) is 5.91 Å². The molecule has 1 aliphatic carbocycles. The van der Waals surface area contributed by atoms with Gasteiger partial charge in [-0.2, -0.15) is 0 Å². The number of nitrogens with zero attached hydrogens (tertiary/aromatic N) is 1. The van der Waals surface area contributed by atoms with Crippen LogP contribution in [0.2, 0.25) is 0 Å². The van der Waals surface area contributed by atoms with E-state index in [1.54, 1.807) is 0 Å². The predicted octanol–water partition coefficient (Wildman–Crippen LogP) is 3.70. The van der Waals surface area contributed by atoms with Gasteiger partial charge >= 0.3 is 0 Å². The van der Waals surface area contributed by atoms with E-state index >= 15 is 0 Å². The normalized spacial score (nSPS) is 16.4. The number of nitrogens with one attached hydrogen (secondary N) is 3. The minimum Gasteiger partial charge on any atom is -0.356 e. The summed E-state index contributed by atoms with van der Waals surface area (Å²) in [6.07, 6.45) is 3.37. The molecule has 0 aromatic heterocycles. The Morgan fingerprint density at radius 1 is 1.19 bits per heavy atom. The predicted molar refractivity (Wildman–Crippen MR) is 105 cm³/mol. The molecule has 2 aromatic rings. The van der Waals surface area contributed by atoms with Crippen molar-refractivity contribution in [2.75, 3.05) is 18.4 Å². The van der Waals surface area contributed by atoms with Crippen LogP contribution in [0.4, 0.5) is 11.4 Å². The Morgan fingerprint density at radius 2 is 2.08 bits per heavy atom. The van der Waals surface area contributed by atoms with E-state index in [0.29, 0.717) is 17.4 Å². The van der Waals surface area contributed by atoms with Gasteiger partial charge in [-0.25, -0.2) is 0 Å².